The van der Waals surface area contributed by atoms with Crippen LogP contribution in [0.25, 0.3) is 22.4 Å². The largest absolute Gasteiger partial charge is 0.411 e. The van der Waals surface area contributed by atoms with Crippen molar-refractivity contribution in [1.29, 1.82) is 0 Å². The van der Waals surface area contributed by atoms with Crippen LogP contribution in [0.15, 0.2) is 63.1 Å². The lowest BCUT2D eigenvalue weighted by atomic mass is 10.1. The summed E-state index contributed by atoms with van der Waals surface area (Å²) in [5.74, 6) is 1.13. The summed E-state index contributed by atoms with van der Waals surface area (Å²) in [6, 6.07) is 16.3. The predicted octanol–water partition coefficient (Wildman–Crippen LogP) is 6.26. The molecule has 2 heterocycles. The van der Waals surface area contributed by atoms with E-state index in [1.165, 1.54) is 16.7 Å². The highest BCUT2D eigenvalue weighted by Gasteiger charge is 2.12. The molecule has 0 amide bonds. The topological polar surface area (TPSA) is 51.8 Å². The Bertz CT molecular complexity index is 1110. The lowest BCUT2D eigenvalue weighted by Gasteiger charge is -2.06. The maximum atomic E-state index is 6.39. The van der Waals surface area contributed by atoms with Gasteiger partial charge in [-0.3, -0.25) is 0 Å². The average Bonchev–Trinajstić information content (AvgIpc) is 3.15. The number of aryl methyl sites for hydroxylation is 1. The number of rotatable bonds is 5. The maximum absolute atomic E-state index is 6.39. The molecule has 0 unspecified atom stereocenters. The Morgan fingerprint density at radius 2 is 1.96 bits per heavy atom. The Hall–Kier alpha value is -2.02. The van der Waals surface area contributed by atoms with E-state index in [1.807, 2.05) is 37.4 Å². The van der Waals surface area contributed by atoms with Crippen molar-refractivity contribution < 1.29 is 4.42 Å². The van der Waals surface area contributed by atoms with E-state index in [2.05, 4.69) is 39.4 Å². The molecule has 2 aromatic heterocycles. The minimum absolute atomic E-state index is 0.506. The normalized spacial score (nSPS) is 11.2. The zero-order chi connectivity index (χ0) is 18.8. The number of hydrogen-bond donors (Lipinski definition) is 0. The van der Waals surface area contributed by atoms with E-state index in [0.717, 1.165) is 27.6 Å². The summed E-state index contributed by atoms with van der Waals surface area (Å²) in [5, 5.41) is 10.4. The number of nitrogens with zero attached hydrogens (tertiary/aromatic N) is 3. The minimum Gasteiger partial charge on any atom is -0.411 e. The zero-order valence-electron chi connectivity index (χ0n) is 14.8. The van der Waals surface area contributed by atoms with E-state index in [9.17, 15) is 0 Å². The molecule has 0 spiro atoms. The molecule has 0 atom stereocenters. The Labute approximate surface area is 170 Å². The van der Waals surface area contributed by atoms with Crippen LogP contribution in [0, 0.1) is 6.92 Å². The molecule has 4 nitrogen and oxygen atoms in total. The van der Waals surface area contributed by atoms with Gasteiger partial charge >= 0.3 is 0 Å². The molecule has 4 aromatic rings. The van der Waals surface area contributed by atoms with Crippen molar-refractivity contribution >= 4 is 46.0 Å². The number of hydrogen-bond acceptors (Lipinski definition) is 6. The number of thioether (sulfide) groups is 2. The first-order valence-corrected chi connectivity index (χ1v) is 10.9. The third-order valence-electron chi connectivity index (χ3n) is 4.07. The molecule has 0 radical (unpaired) electrons. The van der Waals surface area contributed by atoms with E-state index in [1.54, 1.807) is 11.8 Å². The van der Waals surface area contributed by atoms with E-state index < -0.39 is 0 Å². The predicted molar refractivity (Wildman–Crippen MR) is 113 cm³/mol. The van der Waals surface area contributed by atoms with E-state index in [-0.39, 0.29) is 0 Å². The van der Waals surface area contributed by atoms with Gasteiger partial charge in [0.05, 0.1) is 5.52 Å². The van der Waals surface area contributed by atoms with Crippen molar-refractivity contribution in [3.63, 3.8) is 0 Å². The van der Waals surface area contributed by atoms with Gasteiger partial charge in [-0.15, -0.1) is 22.0 Å². The van der Waals surface area contributed by atoms with Crippen molar-refractivity contribution in [3.05, 3.63) is 64.8 Å². The van der Waals surface area contributed by atoms with Gasteiger partial charge in [0.25, 0.3) is 5.22 Å². The standard InChI is InChI=1S/C20H16ClN3OS2/c1-12-4-3-5-14(8-12)19-23-24-20(25-19)27-11-15-9-13-6-7-16(26-2)10-17(13)22-18(15)21/h3-10H,11H2,1-2H3. The summed E-state index contributed by atoms with van der Waals surface area (Å²) >= 11 is 9.53. The highest BCUT2D eigenvalue weighted by Crippen LogP contribution is 2.30. The third-order valence-corrected chi connectivity index (χ3v) is 5.99. The number of pyridine rings is 1. The van der Waals surface area contributed by atoms with Crippen molar-refractivity contribution in [2.45, 2.75) is 22.8 Å². The summed E-state index contributed by atoms with van der Waals surface area (Å²) in [6.07, 6.45) is 2.04. The van der Waals surface area contributed by atoms with Crippen molar-refractivity contribution in [3.8, 4) is 11.5 Å². The molecule has 0 aliphatic heterocycles. The minimum atomic E-state index is 0.506. The zero-order valence-corrected chi connectivity index (χ0v) is 17.2. The molecule has 0 N–H and O–H groups in total. The molecule has 0 aliphatic carbocycles. The second-order valence-corrected chi connectivity index (χ2v) is 8.19. The van der Waals surface area contributed by atoms with E-state index in [4.69, 9.17) is 16.0 Å². The summed E-state index contributed by atoms with van der Waals surface area (Å²) in [7, 11) is 0. The number of fused-ring (bicyclic) bond motifs is 1. The van der Waals surface area contributed by atoms with Gasteiger partial charge in [-0.1, -0.05) is 47.1 Å². The van der Waals surface area contributed by atoms with Gasteiger partial charge in [-0.05, 0) is 43.5 Å². The first kappa shape index (κ1) is 18.3. The molecule has 4 rings (SSSR count). The van der Waals surface area contributed by atoms with Gasteiger partial charge in [-0.25, -0.2) is 4.98 Å². The van der Waals surface area contributed by atoms with Gasteiger partial charge in [0.15, 0.2) is 0 Å². The Morgan fingerprint density at radius 1 is 1.07 bits per heavy atom. The van der Waals surface area contributed by atoms with Gasteiger partial charge in [0.2, 0.25) is 5.89 Å². The molecule has 136 valence electrons. The van der Waals surface area contributed by atoms with Crippen molar-refractivity contribution in [2.75, 3.05) is 6.26 Å². The molecule has 0 aliphatic rings. The molecule has 0 saturated heterocycles. The Balaban J connectivity index is 1.52. The van der Waals surface area contributed by atoms with E-state index >= 15 is 0 Å². The van der Waals surface area contributed by atoms with Crippen molar-refractivity contribution in [1.82, 2.24) is 15.2 Å². The van der Waals surface area contributed by atoms with Crippen LogP contribution in [-0.2, 0) is 5.75 Å². The smallest absolute Gasteiger partial charge is 0.277 e. The monoisotopic (exact) mass is 413 g/mol. The van der Waals surface area contributed by atoms with Crippen LogP contribution >= 0.6 is 35.1 Å². The second kappa shape index (κ2) is 7.92. The number of aromatic nitrogens is 3. The highest BCUT2D eigenvalue weighted by molar-refractivity contribution is 7.98. The SMILES string of the molecule is CSc1ccc2cc(CSc3nnc(-c4cccc(C)c4)o3)c(Cl)nc2c1. The molecular formula is C20H16ClN3OS2. The first-order chi connectivity index (χ1) is 13.1. The van der Waals surface area contributed by atoms with Gasteiger partial charge < -0.3 is 4.42 Å². The van der Waals surface area contributed by atoms with E-state index in [0.29, 0.717) is 22.0 Å². The summed E-state index contributed by atoms with van der Waals surface area (Å²) < 4.78 is 5.78. The second-order valence-electron chi connectivity index (χ2n) is 6.03. The number of halogens is 1. The van der Waals surface area contributed by atoms with Crippen LogP contribution in [-0.4, -0.2) is 21.4 Å². The van der Waals surface area contributed by atoms with Crippen LogP contribution in [0.3, 0.4) is 0 Å². The van der Waals surface area contributed by atoms with Gasteiger partial charge in [0.1, 0.15) is 5.15 Å². The molecule has 0 fully saturated rings. The van der Waals surface area contributed by atoms with Crippen LogP contribution in [0.1, 0.15) is 11.1 Å². The quantitative estimate of drug-likeness (QED) is 0.284. The lowest BCUT2D eigenvalue weighted by Crippen LogP contribution is -1.89. The van der Waals surface area contributed by atoms with Crippen molar-refractivity contribution in [2.24, 2.45) is 0 Å². The fourth-order valence-electron chi connectivity index (χ4n) is 2.70. The maximum Gasteiger partial charge on any atom is 0.277 e. The first-order valence-electron chi connectivity index (χ1n) is 8.29. The Kier molecular flexibility index (Phi) is 5.38. The Morgan fingerprint density at radius 3 is 2.78 bits per heavy atom. The van der Waals surface area contributed by atoms with Gasteiger partial charge in [0, 0.05) is 27.2 Å². The molecule has 0 saturated carbocycles. The summed E-state index contributed by atoms with van der Waals surface area (Å²) in [5.41, 5.74) is 3.92. The third kappa shape index (κ3) is 4.13. The molecular weight excluding hydrogens is 398 g/mol. The van der Waals surface area contributed by atoms with Crippen LogP contribution in [0.5, 0.6) is 0 Å². The fourth-order valence-corrected chi connectivity index (χ4v) is 4.16. The summed E-state index contributed by atoms with van der Waals surface area (Å²) in [6.45, 7) is 2.03. The van der Waals surface area contributed by atoms with Crippen LogP contribution in [0.2, 0.25) is 5.15 Å². The molecule has 2 aromatic carbocycles. The molecule has 0 bridgehead atoms. The average molecular weight is 414 g/mol. The number of benzene rings is 2. The molecule has 7 heteroatoms. The van der Waals surface area contributed by atoms with Crippen LogP contribution < -0.4 is 0 Å². The highest BCUT2D eigenvalue weighted by atomic mass is 35.5. The fraction of sp³-hybridized carbons (Fsp3) is 0.150. The van der Waals surface area contributed by atoms with Gasteiger partial charge in [-0.2, -0.15) is 0 Å². The van der Waals surface area contributed by atoms with Crippen LogP contribution in [0.4, 0.5) is 0 Å². The molecule has 27 heavy (non-hydrogen) atoms. The summed E-state index contributed by atoms with van der Waals surface area (Å²) in [4.78, 5) is 5.70. The lowest BCUT2D eigenvalue weighted by molar-refractivity contribution is 0.466.